The van der Waals surface area contributed by atoms with Gasteiger partial charge in [-0.3, -0.25) is 0 Å². The van der Waals surface area contributed by atoms with Crippen molar-refractivity contribution in [3.05, 3.63) is 57.8 Å². The smallest absolute Gasteiger partial charge is 0.165 e. The number of hydrogen-bond acceptors (Lipinski definition) is 2. The maximum absolute atomic E-state index is 13.6. The zero-order valence-electron chi connectivity index (χ0n) is 8.58. The van der Waals surface area contributed by atoms with E-state index in [9.17, 15) is 13.9 Å². The van der Waals surface area contributed by atoms with Crippen molar-refractivity contribution >= 4 is 11.3 Å². The van der Waals surface area contributed by atoms with Gasteiger partial charge < -0.3 is 5.11 Å². The molecule has 2 rings (SSSR count). The highest BCUT2D eigenvalue weighted by molar-refractivity contribution is 7.10. The average molecular weight is 240 g/mol. The predicted octanol–water partition coefficient (Wildman–Crippen LogP) is 3.28. The third kappa shape index (κ3) is 1.74. The molecule has 1 aromatic carbocycles. The molecule has 0 saturated heterocycles. The second kappa shape index (κ2) is 3.96. The van der Waals surface area contributed by atoms with E-state index in [1.54, 1.807) is 17.5 Å². The molecule has 1 aromatic heterocycles. The Kier molecular flexibility index (Phi) is 2.78. The monoisotopic (exact) mass is 240 g/mol. The van der Waals surface area contributed by atoms with E-state index in [0.29, 0.717) is 4.88 Å². The molecule has 1 heterocycles. The van der Waals surface area contributed by atoms with Crippen LogP contribution in [0.2, 0.25) is 0 Å². The number of thiophene rings is 1. The number of hydrogen-bond donors (Lipinski definition) is 1. The van der Waals surface area contributed by atoms with Crippen molar-refractivity contribution in [3.63, 3.8) is 0 Å². The summed E-state index contributed by atoms with van der Waals surface area (Å²) in [6.07, 6.45) is 0. The van der Waals surface area contributed by atoms with E-state index in [-0.39, 0.29) is 5.56 Å². The van der Waals surface area contributed by atoms with Crippen LogP contribution in [0.25, 0.3) is 0 Å². The van der Waals surface area contributed by atoms with Crippen LogP contribution >= 0.6 is 11.3 Å². The van der Waals surface area contributed by atoms with Gasteiger partial charge in [-0.2, -0.15) is 0 Å². The van der Waals surface area contributed by atoms with E-state index in [1.165, 1.54) is 30.4 Å². The molecule has 1 nitrogen and oxygen atoms in total. The summed E-state index contributed by atoms with van der Waals surface area (Å²) in [6.45, 7) is 1.46. The van der Waals surface area contributed by atoms with Crippen LogP contribution in [-0.2, 0) is 5.60 Å². The fourth-order valence-corrected chi connectivity index (χ4v) is 2.37. The zero-order valence-corrected chi connectivity index (χ0v) is 9.39. The summed E-state index contributed by atoms with van der Waals surface area (Å²) in [5.74, 6) is -1.95. The van der Waals surface area contributed by atoms with Gasteiger partial charge in [0.15, 0.2) is 11.6 Å². The van der Waals surface area contributed by atoms with Crippen molar-refractivity contribution in [1.82, 2.24) is 0 Å². The SMILES string of the molecule is CC(O)(c1cccs1)c1cccc(F)c1F. The molecule has 0 amide bonds. The maximum atomic E-state index is 13.6. The first-order chi connectivity index (χ1) is 7.53. The van der Waals surface area contributed by atoms with Crippen molar-refractivity contribution < 1.29 is 13.9 Å². The second-order valence-corrected chi connectivity index (χ2v) is 4.60. The number of rotatable bonds is 2. The molecule has 16 heavy (non-hydrogen) atoms. The van der Waals surface area contributed by atoms with Crippen LogP contribution in [0, 0.1) is 11.6 Å². The third-order valence-electron chi connectivity index (χ3n) is 2.48. The Morgan fingerprint density at radius 1 is 1.19 bits per heavy atom. The molecule has 2 aromatic rings. The summed E-state index contributed by atoms with van der Waals surface area (Å²) in [7, 11) is 0. The van der Waals surface area contributed by atoms with Crippen LogP contribution in [0.5, 0.6) is 0 Å². The highest BCUT2D eigenvalue weighted by Crippen LogP contribution is 2.34. The van der Waals surface area contributed by atoms with Gasteiger partial charge in [-0.15, -0.1) is 11.3 Å². The summed E-state index contributed by atoms with van der Waals surface area (Å²) >= 11 is 1.30. The van der Waals surface area contributed by atoms with E-state index >= 15 is 0 Å². The van der Waals surface area contributed by atoms with Gasteiger partial charge in [-0.25, -0.2) is 8.78 Å². The Hall–Kier alpha value is -1.26. The van der Waals surface area contributed by atoms with Crippen molar-refractivity contribution in [2.45, 2.75) is 12.5 Å². The van der Waals surface area contributed by atoms with Crippen LogP contribution in [0.1, 0.15) is 17.4 Å². The molecular weight excluding hydrogens is 230 g/mol. The summed E-state index contributed by atoms with van der Waals surface area (Å²) in [5.41, 5.74) is -1.55. The lowest BCUT2D eigenvalue weighted by Gasteiger charge is -2.23. The summed E-state index contributed by atoms with van der Waals surface area (Å²) < 4.78 is 26.6. The van der Waals surface area contributed by atoms with Gasteiger partial charge in [0.05, 0.1) is 0 Å². The minimum Gasteiger partial charge on any atom is -0.380 e. The number of aliphatic hydroxyl groups is 1. The van der Waals surface area contributed by atoms with Gasteiger partial charge in [0.1, 0.15) is 5.60 Å². The molecule has 1 atom stereocenters. The van der Waals surface area contributed by atoms with Gasteiger partial charge in [0.2, 0.25) is 0 Å². The molecule has 0 aliphatic rings. The van der Waals surface area contributed by atoms with Crippen LogP contribution in [0.15, 0.2) is 35.7 Å². The fourth-order valence-electron chi connectivity index (χ4n) is 1.57. The molecule has 0 spiro atoms. The molecule has 0 bridgehead atoms. The lowest BCUT2D eigenvalue weighted by atomic mass is 9.94. The Bertz CT molecular complexity index is 492. The predicted molar refractivity (Wildman–Crippen MR) is 59.3 cm³/mol. The first-order valence-corrected chi connectivity index (χ1v) is 5.62. The molecule has 0 radical (unpaired) electrons. The molecule has 1 N–H and O–H groups in total. The molecule has 0 fully saturated rings. The maximum Gasteiger partial charge on any atom is 0.165 e. The second-order valence-electron chi connectivity index (χ2n) is 3.65. The topological polar surface area (TPSA) is 20.2 Å². The van der Waals surface area contributed by atoms with Gasteiger partial charge in [-0.1, -0.05) is 18.2 Å². The zero-order chi connectivity index (χ0) is 11.8. The molecule has 0 aliphatic carbocycles. The van der Waals surface area contributed by atoms with Crippen molar-refractivity contribution in [1.29, 1.82) is 0 Å². The van der Waals surface area contributed by atoms with Crippen LogP contribution in [0.3, 0.4) is 0 Å². The fraction of sp³-hybridized carbons (Fsp3) is 0.167. The number of benzene rings is 1. The molecule has 4 heteroatoms. The van der Waals surface area contributed by atoms with Crippen molar-refractivity contribution in [3.8, 4) is 0 Å². The first kappa shape index (κ1) is 11.2. The standard InChI is InChI=1S/C12H10F2OS/c1-12(15,10-6-3-7-16-10)8-4-2-5-9(13)11(8)14/h2-7,15H,1H3. The first-order valence-electron chi connectivity index (χ1n) is 4.74. The highest BCUT2D eigenvalue weighted by atomic mass is 32.1. The van der Waals surface area contributed by atoms with E-state index in [1.807, 2.05) is 0 Å². The Labute approximate surface area is 96.0 Å². The minimum atomic E-state index is -1.50. The van der Waals surface area contributed by atoms with Crippen LogP contribution in [0.4, 0.5) is 8.78 Å². The lowest BCUT2D eigenvalue weighted by molar-refractivity contribution is 0.101. The Balaban J connectivity index is 2.56. The molecular formula is C12H10F2OS. The Morgan fingerprint density at radius 2 is 1.94 bits per heavy atom. The van der Waals surface area contributed by atoms with Gasteiger partial charge in [0.25, 0.3) is 0 Å². The van der Waals surface area contributed by atoms with E-state index in [0.717, 1.165) is 6.07 Å². The molecule has 0 saturated carbocycles. The van der Waals surface area contributed by atoms with Crippen molar-refractivity contribution in [2.75, 3.05) is 0 Å². The quantitative estimate of drug-likeness (QED) is 0.854. The molecule has 0 aliphatic heterocycles. The summed E-state index contributed by atoms with van der Waals surface area (Å²) in [5, 5.41) is 12.0. The minimum absolute atomic E-state index is 0.0463. The highest BCUT2D eigenvalue weighted by Gasteiger charge is 2.30. The van der Waals surface area contributed by atoms with Crippen molar-refractivity contribution in [2.24, 2.45) is 0 Å². The van der Waals surface area contributed by atoms with E-state index in [2.05, 4.69) is 0 Å². The third-order valence-corrected chi connectivity index (χ3v) is 3.56. The summed E-state index contributed by atoms with van der Waals surface area (Å²) in [6, 6.07) is 7.25. The van der Waals surface area contributed by atoms with Crippen LogP contribution < -0.4 is 0 Å². The van der Waals surface area contributed by atoms with Crippen LogP contribution in [-0.4, -0.2) is 5.11 Å². The molecule has 84 valence electrons. The van der Waals surface area contributed by atoms with Gasteiger partial charge in [-0.05, 0) is 24.4 Å². The number of halogens is 2. The molecule has 1 unspecified atom stereocenters. The summed E-state index contributed by atoms with van der Waals surface area (Å²) in [4.78, 5) is 0.581. The van der Waals surface area contributed by atoms with E-state index < -0.39 is 17.2 Å². The Morgan fingerprint density at radius 3 is 2.56 bits per heavy atom. The van der Waals surface area contributed by atoms with Gasteiger partial charge in [0, 0.05) is 10.4 Å². The largest absolute Gasteiger partial charge is 0.380 e. The normalized spacial score (nSPS) is 14.8. The van der Waals surface area contributed by atoms with Gasteiger partial charge >= 0.3 is 0 Å². The van der Waals surface area contributed by atoms with E-state index in [4.69, 9.17) is 0 Å². The lowest BCUT2D eigenvalue weighted by Crippen LogP contribution is -2.23. The average Bonchev–Trinajstić information content (AvgIpc) is 2.75.